The van der Waals surface area contributed by atoms with Crippen LogP contribution in [0.15, 0.2) is 54.6 Å². The van der Waals surface area contributed by atoms with Crippen LogP contribution in [-0.4, -0.2) is 18.2 Å². The van der Waals surface area contributed by atoms with Gasteiger partial charge in [0.15, 0.2) is 0 Å². The molecule has 23 heavy (non-hydrogen) atoms. The molecule has 0 unspecified atom stereocenters. The number of nitrogens with zero attached hydrogens (tertiary/aromatic N) is 1. The van der Waals surface area contributed by atoms with E-state index in [1.807, 2.05) is 18.2 Å². The van der Waals surface area contributed by atoms with E-state index in [1.54, 1.807) is 43.5 Å². The molecule has 0 aliphatic rings. The highest BCUT2D eigenvalue weighted by Crippen LogP contribution is 2.36. The number of carboxylic acids is 1. The summed E-state index contributed by atoms with van der Waals surface area (Å²) in [6.45, 7) is 0. The summed E-state index contributed by atoms with van der Waals surface area (Å²) in [5.41, 5.74) is 2.34. The fourth-order valence-electron chi connectivity index (χ4n) is 2.63. The largest absolute Gasteiger partial charge is 0.496 e. The maximum absolute atomic E-state index is 11.2. The molecule has 112 valence electrons. The summed E-state index contributed by atoms with van der Waals surface area (Å²) in [4.78, 5) is 11.2. The lowest BCUT2D eigenvalue weighted by Gasteiger charge is -2.12. The number of nitriles is 1. The zero-order valence-corrected chi connectivity index (χ0v) is 12.4. The molecule has 4 heteroatoms. The first kappa shape index (κ1) is 14.6. The Bertz CT molecular complexity index is 954. The van der Waals surface area contributed by atoms with Gasteiger partial charge in [0.05, 0.1) is 24.3 Å². The van der Waals surface area contributed by atoms with E-state index in [0.717, 1.165) is 21.9 Å². The maximum Gasteiger partial charge on any atom is 0.335 e. The minimum absolute atomic E-state index is 0.223. The molecule has 0 aliphatic carbocycles. The van der Waals surface area contributed by atoms with Crippen LogP contribution in [0.4, 0.5) is 0 Å². The van der Waals surface area contributed by atoms with Crippen molar-refractivity contribution in [1.82, 2.24) is 0 Å². The Labute approximate surface area is 133 Å². The van der Waals surface area contributed by atoms with Gasteiger partial charge in [-0.2, -0.15) is 5.26 Å². The molecule has 0 bridgehead atoms. The minimum Gasteiger partial charge on any atom is -0.496 e. The van der Waals surface area contributed by atoms with Crippen molar-refractivity contribution >= 4 is 16.7 Å². The monoisotopic (exact) mass is 303 g/mol. The summed E-state index contributed by atoms with van der Waals surface area (Å²) < 4.78 is 5.40. The zero-order valence-electron chi connectivity index (χ0n) is 12.4. The molecule has 0 fully saturated rings. The van der Waals surface area contributed by atoms with Crippen LogP contribution in [-0.2, 0) is 0 Å². The van der Waals surface area contributed by atoms with E-state index < -0.39 is 5.97 Å². The Balaban J connectivity index is 2.34. The lowest BCUT2D eigenvalue weighted by Crippen LogP contribution is -1.96. The number of methoxy groups -OCH3 is 1. The topological polar surface area (TPSA) is 70.3 Å². The molecule has 0 spiro atoms. The number of rotatable bonds is 3. The predicted octanol–water partition coefficient (Wildman–Crippen LogP) is 4.09. The van der Waals surface area contributed by atoms with Gasteiger partial charge in [0, 0.05) is 5.56 Å². The number of hydrogen-bond donors (Lipinski definition) is 1. The molecule has 4 nitrogen and oxygen atoms in total. The normalized spacial score (nSPS) is 10.3. The average molecular weight is 303 g/mol. The molecule has 3 aromatic rings. The van der Waals surface area contributed by atoms with Crippen molar-refractivity contribution in [3.8, 4) is 22.9 Å². The van der Waals surface area contributed by atoms with E-state index in [2.05, 4.69) is 6.07 Å². The van der Waals surface area contributed by atoms with E-state index >= 15 is 0 Å². The Kier molecular flexibility index (Phi) is 3.70. The van der Waals surface area contributed by atoms with Crippen LogP contribution < -0.4 is 4.74 Å². The number of aromatic carboxylic acids is 1. The lowest BCUT2D eigenvalue weighted by molar-refractivity contribution is 0.0697. The zero-order chi connectivity index (χ0) is 16.4. The van der Waals surface area contributed by atoms with Crippen molar-refractivity contribution in [3.63, 3.8) is 0 Å². The molecule has 0 aliphatic heterocycles. The van der Waals surface area contributed by atoms with Gasteiger partial charge in [-0.25, -0.2) is 4.79 Å². The van der Waals surface area contributed by atoms with Crippen LogP contribution in [0.2, 0.25) is 0 Å². The van der Waals surface area contributed by atoms with E-state index in [4.69, 9.17) is 10.00 Å². The van der Waals surface area contributed by atoms with Gasteiger partial charge in [-0.3, -0.25) is 0 Å². The summed E-state index contributed by atoms with van der Waals surface area (Å²) >= 11 is 0. The summed E-state index contributed by atoms with van der Waals surface area (Å²) in [7, 11) is 1.57. The third-order valence-corrected chi connectivity index (χ3v) is 3.75. The fraction of sp³-hybridized carbons (Fsp3) is 0.0526. The molecule has 3 rings (SSSR count). The van der Waals surface area contributed by atoms with Crippen molar-refractivity contribution in [2.75, 3.05) is 7.11 Å². The van der Waals surface area contributed by atoms with E-state index in [9.17, 15) is 9.90 Å². The van der Waals surface area contributed by atoms with Crippen LogP contribution >= 0.6 is 0 Å². The number of carboxylic acid groups (broad SMARTS) is 1. The predicted molar refractivity (Wildman–Crippen MR) is 87.6 cm³/mol. The Morgan fingerprint density at radius 1 is 1.09 bits per heavy atom. The molecule has 3 aromatic carbocycles. The SMILES string of the molecule is COc1ccc(C#N)cc1-c1cccc2ccc(C(=O)O)cc12. The highest BCUT2D eigenvalue weighted by atomic mass is 16.5. The van der Waals surface area contributed by atoms with E-state index in [1.165, 1.54) is 0 Å². The number of fused-ring (bicyclic) bond motifs is 1. The maximum atomic E-state index is 11.2. The van der Waals surface area contributed by atoms with E-state index in [-0.39, 0.29) is 5.56 Å². The molecule has 0 heterocycles. The molecule has 0 saturated carbocycles. The molecule has 0 radical (unpaired) electrons. The first-order valence-electron chi connectivity index (χ1n) is 6.98. The van der Waals surface area contributed by atoms with E-state index in [0.29, 0.717) is 11.3 Å². The summed E-state index contributed by atoms with van der Waals surface area (Å²) in [5.74, 6) is -0.336. The second-order valence-electron chi connectivity index (χ2n) is 5.07. The fourth-order valence-corrected chi connectivity index (χ4v) is 2.63. The third-order valence-electron chi connectivity index (χ3n) is 3.75. The van der Waals surface area contributed by atoms with Crippen LogP contribution in [0.25, 0.3) is 21.9 Å². The van der Waals surface area contributed by atoms with Crippen LogP contribution in [0, 0.1) is 11.3 Å². The van der Waals surface area contributed by atoms with Gasteiger partial charge in [0.2, 0.25) is 0 Å². The van der Waals surface area contributed by atoms with Crippen molar-refractivity contribution < 1.29 is 14.6 Å². The average Bonchev–Trinajstić information content (AvgIpc) is 2.60. The van der Waals surface area contributed by atoms with Gasteiger partial charge in [-0.1, -0.05) is 24.3 Å². The van der Waals surface area contributed by atoms with Crippen molar-refractivity contribution in [2.24, 2.45) is 0 Å². The van der Waals surface area contributed by atoms with Gasteiger partial charge >= 0.3 is 5.97 Å². The first-order chi connectivity index (χ1) is 11.1. The summed E-state index contributed by atoms with van der Waals surface area (Å²) in [6.07, 6.45) is 0. The second kappa shape index (κ2) is 5.82. The molecule has 0 amide bonds. The van der Waals surface area contributed by atoms with Crippen molar-refractivity contribution in [1.29, 1.82) is 5.26 Å². The number of ether oxygens (including phenoxy) is 1. The Morgan fingerprint density at radius 3 is 2.61 bits per heavy atom. The summed E-state index contributed by atoms with van der Waals surface area (Å²) in [5, 5.41) is 20.1. The molecule has 0 aromatic heterocycles. The highest BCUT2D eigenvalue weighted by molar-refractivity contribution is 6.02. The van der Waals surface area contributed by atoms with Crippen LogP contribution in [0.5, 0.6) is 5.75 Å². The first-order valence-corrected chi connectivity index (χ1v) is 6.98. The van der Waals surface area contributed by atoms with Gasteiger partial charge in [0.25, 0.3) is 0 Å². The molecular weight excluding hydrogens is 290 g/mol. The number of hydrogen-bond acceptors (Lipinski definition) is 3. The van der Waals surface area contributed by atoms with Gasteiger partial charge in [-0.05, 0) is 46.7 Å². The minimum atomic E-state index is -0.973. The van der Waals surface area contributed by atoms with Crippen molar-refractivity contribution in [3.05, 3.63) is 65.7 Å². The second-order valence-corrected chi connectivity index (χ2v) is 5.07. The van der Waals surface area contributed by atoms with Gasteiger partial charge in [0.1, 0.15) is 5.75 Å². The number of benzene rings is 3. The smallest absolute Gasteiger partial charge is 0.335 e. The Hall–Kier alpha value is -3.32. The van der Waals surface area contributed by atoms with Gasteiger partial charge < -0.3 is 9.84 Å². The molecular formula is C19H13NO3. The number of carbonyl (C=O) groups is 1. The molecule has 0 atom stereocenters. The highest BCUT2D eigenvalue weighted by Gasteiger charge is 2.12. The molecule has 1 N–H and O–H groups in total. The summed E-state index contributed by atoms with van der Waals surface area (Å²) in [6, 6.07) is 18.0. The lowest BCUT2D eigenvalue weighted by atomic mass is 9.95. The van der Waals surface area contributed by atoms with Gasteiger partial charge in [-0.15, -0.1) is 0 Å². The molecule has 0 saturated heterocycles. The van der Waals surface area contributed by atoms with Crippen LogP contribution in [0.3, 0.4) is 0 Å². The standard InChI is InChI=1S/C19H13NO3/c1-23-18-8-5-12(11-20)9-17(18)15-4-2-3-13-6-7-14(19(21)22)10-16(13)15/h2-10H,1H3,(H,21,22). The Morgan fingerprint density at radius 2 is 1.91 bits per heavy atom. The van der Waals surface area contributed by atoms with Crippen molar-refractivity contribution in [2.45, 2.75) is 0 Å². The third kappa shape index (κ3) is 2.60. The van der Waals surface area contributed by atoms with Crippen LogP contribution in [0.1, 0.15) is 15.9 Å². The quantitative estimate of drug-likeness (QED) is 0.791.